The van der Waals surface area contributed by atoms with Gasteiger partial charge in [-0.05, 0) is 29.7 Å². The van der Waals surface area contributed by atoms with E-state index >= 15 is 0 Å². The number of esters is 1. The molecule has 0 saturated carbocycles. The first-order valence-corrected chi connectivity index (χ1v) is 10.3. The predicted molar refractivity (Wildman–Crippen MR) is 115 cm³/mol. The SMILES string of the molecule is COC(=O)CCC1=NOC(C(=O)O)(C(OCc2ccccc2)c2ccc(Cl)c(Cl)c2)C1. The lowest BCUT2D eigenvalue weighted by atomic mass is 9.85. The van der Waals surface area contributed by atoms with Crippen molar-refractivity contribution in [1.82, 2.24) is 0 Å². The first-order chi connectivity index (χ1) is 14.9. The molecule has 2 atom stereocenters. The van der Waals surface area contributed by atoms with Crippen LogP contribution in [0.4, 0.5) is 0 Å². The Labute approximate surface area is 189 Å². The molecule has 3 rings (SSSR count). The second-order valence-electron chi connectivity index (χ2n) is 7.05. The van der Waals surface area contributed by atoms with Crippen LogP contribution in [-0.2, 0) is 30.5 Å². The summed E-state index contributed by atoms with van der Waals surface area (Å²) in [5, 5.41) is 14.7. The summed E-state index contributed by atoms with van der Waals surface area (Å²) in [6, 6.07) is 14.1. The fourth-order valence-electron chi connectivity index (χ4n) is 3.29. The fourth-order valence-corrected chi connectivity index (χ4v) is 3.60. The molecule has 1 N–H and O–H groups in total. The third-order valence-electron chi connectivity index (χ3n) is 4.94. The number of hydrogen-bond acceptors (Lipinski definition) is 6. The van der Waals surface area contributed by atoms with Crippen molar-refractivity contribution < 1.29 is 29.0 Å². The van der Waals surface area contributed by atoms with Gasteiger partial charge in [0.1, 0.15) is 6.10 Å². The van der Waals surface area contributed by atoms with Crippen LogP contribution in [0.15, 0.2) is 53.7 Å². The van der Waals surface area contributed by atoms with Gasteiger partial charge in [-0.25, -0.2) is 4.79 Å². The van der Waals surface area contributed by atoms with Crippen LogP contribution >= 0.6 is 23.2 Å². The number of carboxylic acid groups (broad SMARTS) is 1. The molecule has 0 aromatic heterocycles. The van der Waals surface area contributed by atoms with Gasteiger partial charge in [0.2, 0.25) is 0 Å². The van der Waals surface area contributed by atoms with Crippen molar-refractivity contribution >= 4 is 40.9 Å². The van der Waals surface area contributed by atoms with Crippen molar-refractivity contribution in [1.29, 1.82) is 0 Å². The molecule has 1 heterocycles. The van der Waals surface area contributed by atoms with E-state index in [-0.39, 0.29) is 30.9 Å². The molecule has 2 unspecified atom stereocenters. The summed E-state index contributed by atoms with van der Waals surface area (Å²) in [6.45, 7) is 0.141. The third-order valence-corrected chi connectivity index (χ3v) is 5.68. The number of carbonyl (C=O) groups excluding carboxylic acids is 1. The number of ether oxygens (including phenoxy) is 2. The molecule has 2 aromatic rings. The van der Waals surface area contributed by atoms with Crippen LogP contribution in [-0.4, -0.2) is 35.5 Å². The van der Waals surface area contributed by atoms with Gasteiger partial charge in [-0.3, -0.25) is 4.79 Å². The van der Waals surface area contributed by atoms with Gasteiger partial charge in [0.25, 0.3) is 5.60 Å². The van der Waals surface area contributed by atoms with Crippen LogP contribution in [0.25, 0.3) is 0 Å². The van der Waals surface area contributed by atoms with Gasteiger partial charge in [0, 0.05) is 6.42 Å². The molecule has 2 aromatic carbocycles. The highest BCUT2D eigenvalue weighted by atomic mass is 35.5. The highest BCUT2D eigenvalue weighted by molar-refractivity contribution is 6.42. The number of nitrogens with zero attached hydrogens (tertiary/aromatic N) is 1. The summed E-state index contributed by atoms with van der Waals surface area (Å²) in [4.78, 5) is 29.4. The molecule has 0 spiro atoms. The molecule has 0 saturated heterocycles. The minimum absolute atomic E-state index is 0.0565. The summed E-state index contributed by atoms with van der Waals surface area (Å²) < 4.78 is 10.7. The lowest BCUT2D eigenvalue weighted by Gasteiger charge is -2.31. The minimum atomic E-state index is -1.82. The average molecular weight is 466 g/mol. The largest absolute Gasteiger partial charge is 0.478 e. The van der Waals surface area contributed by atoms with Crippen LogP contribution in [0.3, 0.4) is 0 Å². The van der Waals surface area contributed by atoms with E-state index in [1.807, 2.05) is 30.3 Å². The number of oxime groups is 1. The molecule has 1 aliphatic heterocycles. The lowest BCUT2D eigenvalue weighted by Crippen LogP contribution is -2.46. The highest BCUT2D eigenvalue weighted by Gasteiger charge is 2.55. The quantitative estimate of drug-likeness (QED) is 0.534. The van der Waals surface area contributed by atoms with E-state index in [2.05, 4.69) is 9.89 Å². The van der Waals surface area contributed by atoms with Gasteiger partial charge in [-0.15, -0.1) is 0 Å². The number of methoxy groups -OCH3 is 1. The Balaban J connectivity index is 1.90. The van der Waals surface area contributed by atoms with E-state index in [4.69, 9.17) is 32.8 Å². The molecule has 0 fully saturated rings. The smallest absolute Gasteiger partial charge is 0.354 e. The lowest BCUT2D eigenvalue weighted by molar-refractivity contribution is -0.187. The van der Waals surface area contributed by atoms with Crippen molar-refractivity contribution in [2.45, 2.75) is 37.6 Å². The average Bonchev–Trinajstić information content (AvgIpc) is 3.21. The van der Waals surface area contributed by atoms with Gasteiger partial charge in [-0.2, -0.15) is 0 Å². The Morgan fingerprint density at radius 2 is 1.94 bits per heavy atom. The monoisotopic (exact) mass is 465 g/mol. The van der Waals surface area contributed by atoms with E-state index in [1.54, 1.807) is 18.2 Å². The maximum atomic E-state index is 12.4. The number of carboxylic acids is 1. The standard InChI is InChI=1S/C22H21Cl2NO6/c1-29-19(26)10-8-16-12-22(21(27)28,31-25-16)20(15-7-9-17(23)18(24)11-15)30-13-14-5-3-2-4-6-14/h2-7,9,11,20H,8,10,12-13H2,1H3,(H,27,28). The molecule has 7 nitrogen and oxygen atoms in total. The van der Waals surface area contributed by atoms with Crippen LogP contribution in [0, 0.1) is 0 Å². The zero-order valence-electron chi connectivity index (χ0n) is 16.7. The molecule has 0 bridgehead atoms. The summed E-state index contributed by atoms with van der Waals surface area (Å²) in [6.07, 6.45) is -0.816. The third kappa shape index (κ3) is 5.36. The zero-order valence-corrected chi connectivity index (χ0v) is 18.2. The summed E-state index contributed by atoms with van der Waals surface area (Å²) in [5.74, 6) is -1.66. The zero-order chi connectivity index (χ0) is 22.4. The highest BCUT2D eigenvalue weighted by Crippen LogP contribution is 2.42. The number of aliphatic carboxylic acids is 1. The first kappa shape index (κ1) is 23.1. The summed E-state index contributed by atoms with van der Waals surface area (Å²) >= 11 is 12.2. The Bertz CT molecular complexity index is 981. The van der Waals surface area contributed by atoms with Crippen LogP contribution < -0.4 is 0 Å². The molecular weight excluding hydrogens is 445 g/mol. The van der Waals surface area contributed by atoms with Crippen molar-refractivity contribution in [3.05, 3.63) is 69.7 Å². The van der Waals surface area contributed by atoms with Crippen LogP contribution in [0.2, 0.25) is 10.0 Å². The second kappa shape index (κ2) is 10.1. The normalized spacial score (nSPS) is 18.7. The number of hydrogen-bond donors (Lipinski definition) is 1. The molecule has 164 valence electrons. The molecular formula is C22H21Cl2NO6. The summed E-state index contributed by atoms with van der Waals surface area (Å²) in [5.41, 5.74) is -0.0477. The van der Waals surface area contributed by atoms with Crippen molar-refractivity contribution in [2.24, 2.45) is 5.16 Å². The van der Waals surface area contributed by atoms with Crippen molar-refractivity contribution in [2.75, 3.05) is 7.11 Å². The summed E-state index contributed by atoms with van der Waals surface area (Å²) in [7, 11) is 1.29. The molecule has 0 amide bonds. The molecule has 9 heteroatoms. The van der Waals surface area contributed by atoms with Gasteiger partial charge in [0.15, 0.2) is 0 Å². The van der Waals surface area contributed by atoms with E-state index < -0.39 is 23.6 Å². The fraction of sp³-hybridized carbons (Fsp3) is 0.318. The Morgan fingerprint density at radius 1 is 1.19 bits per heavy atom. The van der Waals surface area contributed by atoms with E-state index in [9.17, 15) is 14.7 Å². The Kier molecular flexibility index (Phi) is 7.54. The molecule has 1 aliphatic rings. The van der Waals surface area contributed by atoms with E-state index in [1.165, 1.54) is 7.11 Å². The van der Waals surface area contributed by atoms with Crippen LogP contribution in [0.1, 0.15) is 36.5 Å². The van der Waals surface area contributed by atoms with Crippen LogP contribution in [0.5, 0.6) is 0 Å². The molecule has 0 aliphatic carbocycles. The Hall–Kier alpha value is -2.61. The van der Waals surface area contributed by atoms with Crippen molar-refractivity contribution in [3.63, 3.8) is 0 Å². The molecule has 31 heavy (non-hydrogen) atoms. The first-order valence-electron chi connectivity index (χ1n) is 9.50. The second-order valence-corrected chi connectivity index (χ2v) is 7.86. The minimum Gasteiger partial charge on any atom is -0.478 e. The van der Waals surface area contributed by atoms with Gasteiger partial charge >= 0.3 is 11.9 Å². The van der Waals surface area contributed by atoms with E-state index in [0.29, 0.717) is 16.3 Å². The Morgan fingerprint density at radius 3 is 2.58 bits per heavy atom. The maximum absolute atomic E-state index is 12.4. The molecule has 0 radical (unpaired) electrons. The number of carbonyl (C=O) groups is 2. The van der Waals surface area contributed by atoms with Gasteiger partial charge < -0.3 is 19.4 Å². The topological polar surface area (TPSA) is 94.4 Å². The van der Waals surface area contributed by atoms with E-state index in [0.717, 1.165) is 5.56 Å². The number of halogens is 2. The van der Waals surface area contributed by atoms with Crippen molar-refractivity contribution in [3.8, 4) is 0 Å². The van der Waals surface area contributed by atoms with Gasteiger partial charge in [-0.1, -0.05) is 64.8 Å². The number of rotatable bonds is 9. The number of benzene rings is 2. The van der Waals surface area contributed by atoms with Gasteiger partial charge in [0.05, 0.1) is 35.9 Å². The maximum Gasteiger partial charge on any atom is 0.354 e. The predicted octanol–water partition coefficient (Wildman–Crippen LogP) is 4.80.